The Labute approximate surface area is 118 Å². The van der Waals surface area contributed by atoms with E-state index in [1.54, 1.807) is 0 Å². The molecule has 1 aromatic carbocycles. The number of benzene rings is 1. The quantitative estimate of drug-likeness (QED) is 0.526. The van der Waals surface area contributed by atoms with Gasteiger partial charge in [0.15, 0.2) is 0 Å². The SMILES string of the molecule is NC(=O)COCCNC(=O)c1cc(C(F)(F)F)ccc1N. The van der Waals surface area contributed by atoms with Crippen LogP contribution in [0, 0.1) is 0 Å². The fourth-order valence-electron chi connectivity index (χ4n) is 1.43. The second-order valence-electron chi connectivity index (χ2n) is 4.07. The van der Waals surface area contributed by atoms with Crippen molar-refractivity contribution in [2.45, 2.75) is 6.18 Å². The van der Waals surface area contributed by atoms with Gasteiger partial charge in [0.2, 0.25) is 5.91 Å². The predicted octanol–water partition coefficient (Wildman–Crippen LogP) is 0.519. The number of hydrogen-bond donors (Lipinski definition) is 3. The Morgan fingerprint density at radius 2 is 1.95 bits per heavy atom. The summed E-state index contributed by atoms with van der Waals surface area (Å²) in [6, 6.07) is 2.48. The smallest absolute Gasteiger partial charge is 0.398 e. The molecule has 0 aromatic heterocycles. The molecule has 0 atom stereocenters. The first-order chi connectivity index (χ1) is 9.71. The van der Waals surface area contributed by atoms with Gasteiger partial charge in [-0.25, -0.2) is 0 Å². The molecule has 0 spiro atoms. The van der Waals surface area contributed by atoms with Crippen molar-refractivity contribution in [1.82, 2.24) is 5.32 Å². The summed E-state index contributed by atoms with van der Waals surface area (Å²) in [5, 5.41) is 2.33. The number of primary amides is 1. The zero-order chi connectivity index (χ0) is 16.0. The molecule has 2 amide bonds. The molecule has 1 aromatic rings. The Bertz CT molecular complexity index is 532. The van der Waals surface area contributed by atoms with Crippen LogP contribution in [0.5, 0.6) is 0 Å². The van der Waals surface area contributed by atoms with Crippen LogP contribution in [0.1, 0.15) is 15.9 Å². The lowest BCUT2D eigenvalue weighted by atomic mass is 10.1. The molecule has 0 aliphatic carbocycles. The largest absolute Gasteiger partial charge is 0.416 e. The highest BCUT2D eigenvalue weighted by Crippen LogP contribution is 2.31. The number of alkyl halides is 3. The summed E-state index contributed by atoms with van der Waals surface area (Å²) in [5.41, 5.74) is 9.00. The third-order valence-corrected chi connectivity index (χ3v) is 2.40. The third-order valence-electron chi connectivity index (χ3n) is 2.40. The van der Waals surface area contributed by atoms with E-state index in [0.29, 0.717) is 6.07 Å². The standard InChI is InChI=1S/C12H14F3N3O3/c13-12(14,15)7-1-2-9(16)8(5-7)11(20)18-3-4-21-6-10(17)19/h1-2,5H,3-4,6,16H2,(H2,17,19)(H,18,20). The maximum Gasteiger partial charge on any atom is 0.416 e. The highest BCUT2D eigenvalue weighted by Gasteiger charge is 2.31. The number of nitrogens with two attached hydrogens (primary N) is 2. The number of halogens is 3. The van der Waals surface area contributed by atoms with Gasteiger partial charge in [0.1, 0.15) is 6.61 Å². The van der Waals surface area contributed by atoms with E-state index in [0.717, 1.165) is 12.1 Å². The van der Waals surface area contributed by atoms with Gasteiger partial charge in [-0.2, -0.15) is 13.2 Å². The topological polar surface area (TPSA) is 107 Å². The zero-order valence-corrected chi connectivity index (χ0v) is 10.9. The van der Waals surface area contributed by atoms with Crippen LogP contribution in [0.15, 0.2) is 18.2 Å². The van der Waals surface area contributed by atoms with E-state index >= 15 is 0 Å². The Hall–Kier alpha value is -2.29. The number of carbonyl (C=O) groups is 2. The number of rotatable bonds is 6. The van der Waals surface area contributed by atoms with E-state index in [2.05, 4.69) is 5.32 Å². The minimum atomic E-state index is -4.56. The summed E-state index contributed by atoms with van der Waals surface area (Å²) in [7, 11) is 0. The van der Waals surface area contributed by atoms with Crippen LogP contribution in [0.25, 0.3) is 0 Å². The molecular weight excluding hydrogens is 291 g/mol. The van der Waals surface area contributed by atoms with Crippen LogP contribution in [-0.2, 0) is 15.7 Å². The van der Waals surface area contributed by atoms with Crippen molar-refractivity contribution in [2.75, 3.05) is 25.5 Å². The lowest BCUT2D eigenvalue weighted by Gasteiger charge is -2.11. The molecule has 5 N–H and O–H groups in total. The number of amides is 2. The Kier molecular flexibility index (Phi) is 5.53. The van der Waals surface area contributed by atoms with E-state index < -0.39 is 23.6 Å². The minimum absolute atomic E-state index is 0.00178. The van der Waals surface area contributed by atoms with Crippen LogP contribution in [0.3, 0.4) is 0 Å². The molecular formula is C12H14F3N3O3. The van der Waals surface area contributed by atoms with Crippen molar-refractivity contribution in [2.24, 2.45) is 5.73 Å². The van der Waals surface area contributed by atoms with Crippen LogP contribution in [-0.4, -0.2) is 31.6 Å². The molecule has 0 aliphatic heterocycles. The lowest BCUT2D eigenvalue weighted by molar-refractivity contribution is -0.137. The third kappa shape index (κ3) is 5.30. The number of carbonyl (C=O) groups excluding carboxylic acids is 2. The maximum atomic E-state index is 12.6. The number of hydrogen-bond acceptors (Lipinski definition) is 4. The maximum absolute atomic E-state index is 12.6. The number of nitrogen functional groups attached to an aromatic ring is 1. The van der Waals surface area contributed by atoms with Crippen molar-refractivity contribution in [3.8, 4) is 0 Å². The van der Waals surface area contributed by atoms with Crippen LogP contribution < -0.4 is 16.8 Å². The molecule has 1 rings (SSSR count). The molecule has 9 heteroatoms. The fraction of sp³-hybridized carbons (Fsp3) is 0.333. The van der Waals surface area contributed by atoms with Gasteiger partial charge in [-0.05, 0) is 18.2 Å². The molecule has 116 valence electrons. The van der Waals surface area contributed by atoms with Crippen molar-refractivity contribution in [1.29, 1.82) is 0 Å². The van der Waals surface area contributed by atoms with Crippen molar-refractivity contribution >= 4 is 17.5 Å². The van der Waals surface area contributed by atoms with Gasteiger partial charge in [0, 0.05) is 12.2 Å². The Balaban J connectivity index is 2.63. The summed E-state index contributed by atoms with van der Waals surface area (Å²) >= 11 is 0. The summed E-state index contributed by atoms with van der Waals surface area (Å²) in [6.45, 7) is -0.309. The Morgan fingerprint density at radius 3 is 2.52 bits per heavy atom. The van der Waals surface area contributed by atoms with Gasteiger partial charge in [0.05, 0.1) is 17.7 Å². The fourth-order valence-corrected chi connectivity index (χ4v) is 1.43. The average molecular weight is 305 g/mol. The summed E-state index contributed by atoms with van der Waals surface area (Å²) in [5.74, 6) is -1.43. The lowest BCUT2D eigenvalue weighted by Crippen LogP contribution is -2.29. The molecule has 6 nitrogen and oxygen atoms in total. The van der Waals surface area contributed by atoms with Gasteiger partial charge in [-0.3, -0.25) is 9.59 Å². The molecule has 0 bridgehead atoms. The van der Waals surface area contributed by atoms with Gasteiger partial charge in [0.25, 0.3) is 5.91 Å². The molecule has 21 heavy (non-hydrogen) atoms. The van der Waals surface area contributed by atoms with Crippen molar-refractivity contribution < 1.29 is 27.5 Å². The van der Waals surface area contributed by atoms with Gasteiger partial charge in [-0.1, -0.05) is 0 Å². The van der Waals surface area contributed by atoms with E-state index in [1.165, 1.54) is 0 Å². The van der Waals surface area contributed by atoms with Crippen molar-refractivity contribution in [3.05, 3.63) is 29.3 Å². The average Bonchev–Trinajstić information content (AvgIpc) is 2.36. The highest BCUT2D eigenvalue weighted by atomic mass is 19.4. The summed E-state index contributed by atoms with van der Waals surface area (Å²) in [4.78, 5) is 22.1. The second-order valence-corrected chi connectivity index (χ2v) is 4.07. The predicted molar refractivity (Wildman–Crippen MR) is 68.2 cm³/mol. The molecule has 0 unspecified atom stereocenters. The highest BCUT2D eigenvalue weighted by molar-refractivity contribution is 5.99. The van der Waals surface area contributed by atoms with E-state index in [1.807, 2.05) is 0 Å². The summed E-state index contributed by atoms with van der Waals surface area (Å²) < 4.78 is 42.5. The van der Waals surface area contributed by atoms with Crippen LogP contribution >= 0.6 is 0 Å². The molecule has 0 fully saturated rings. The van der Waals surface area contributed by atoms with Gasteiger partial charge >= 0.3 is 6.18 Å². The Morgan fingerprint density at radius 1 is 1.29 bits per heavy atom. The van der Waals surface area contributed by atoms with E-state index in [4.69, 9.17) is 16.2 Å². The van der Waals surface area contributed by atoms with Gasteiger partial charge < -0.3 is 21.5 Å². The van der Waals surface area contributed by atoms with Crippen molar-refractivity contribution in [3.63, 3.8) is 0 Å². The molecule has 0 heterocycles. The van der Waals surface area contributed by atoms with E-state index in [-0.39, 0.29) is 31.0 Å². The molecule has 0 saturated heterocycles. The number of ether oxygens (including phenoxy) is 1. The summed E-state index contributed by atoms with van der Waals surface area (Å²) in [6.07, 6.45) is -4.56. The second kappa shape index (κ2) is 6.93. The number of nitrogens with one attached hydrogen (secondary N) is 1. The zero-order valence-electron chi connectivity index (χ0n) is 10.9. The van der Waals surface area contributed by atoms with Crippen LogP contribution in [0.2, 0.25) is 0 Å². The first kappa shape index (κ1) is 16.8. The number of anilines is 1. The van der Waals surface area contributed by atoms with Gasteiger partial charge in [-0.15, -0.1) is 0 Å². The minimum Gasteiger partial charge on any atom is -0.398 e. The van der Waals surface area contributed by atoms with Crippen LogP contribution in [0.4, 0.5) is 18.9 Å². The first-order valence-corrected chi connectivity index (χ1v) is 5.83. The monoisotopic (exact) mass is 305 g/mol. The normalized spacial score (nSPS) is 11.2. The molecule has 0 radical (unpaired) electrons. The molecule has 0 saturated carbocycles. The molecule has 0 aliphatic rings. The van der Waals surface area contributed by atoms with E-state index in [9.17, 15) is 22.8 Å². The first-order valence-electron chi connectivity index (χ1n) is 5.83.